The third-order valence-corrected chi connectivity index (χ3v) is 13.1. The van der Waals surface area contributed by atoms with E-state index in [1.807, 2.05) is 32.2 Å². The van der Waals surface area contributed by atoms with E-state index in [0.717, 1.165) is 39.2 Å². The van der Waals surface area contributed by atoms with Crippen molar-refractivity contribution in [1.82, 2.24) is 31.9 Å². The number of carboxylic acid groups (broad SMARTS) is 1. The Morgan fingerprint density at radius 1 is 0.775 bits per heavy atom. The van der Waals surface area contributed by atoms with Crippen LogP contribution in [-0.4, -0.2) is 159 Å². The van der Waals surface area contributed by atoms with Gasteiger partial charge in [0.2, 0.25) is 35.4 Å². The zero-order chi connectivity index (χ0) is 54.4. The predicted octanol–water partition coefficient (Wildman–Crippen LogP) is -1.67. The maximum atomic E-state index is 13.2. The van der Waals surface area contributed by atoms with Crippen molar-refractivity contribution in [1.29, 1.82) is 0 Å². The van der Waals surface area contributed by atoms with Gasteiger partial charge in [0, 0.05) is 13.3 Å². The fourth-order valence-corrected chi connectivity index (χ4v) is 8.63. The number of hydrogen-bond donors (Lipinski definition) is 13. The quantitative estimate of drug-likeness (QED) is 0.0203. The van der Waals surface area contributed by atoms with Gasteiger partial charge in [0.1, 0.15) is 54.6 Å². The summed E-state index contributed by atoms with van der Waals surface area (Å²) in [7, 11) is -10.9. The Kier molecular flexibility index (Phi) is 28.6. The van der Waals surface area contributed by atoms with Gasteiger partial charge in [0.05, 0.1) is 19.3 Å². The van der Waals surface area contributed by atoms with Crippen LogP contribution in [-0.2, 0) is 70.3 Å². The number of amides is 7. The Hall–Kier alpha value is -4.28. The lowest BCUT2D eigenvalue weighted by atomic mass is 9.96. The van der Waals surface area contributed by atoms with Crippen molar-refractivity contribution < 1.29 is 95.4 Å². The van der Waals surface area contributed by atoms with E-state index in [4.69, 9.17) is 30.0 Å². The van der Waals surface area contributed by atoms with Crippen molar-refractivity contribution in [2.45, 2.75) is 174 Å². The largest absolute Gasteiger partial charge is 0.483 e. The number of rotatable bonds is 32. The number of phosphoric ester groups is 2. The Labute approximate surface area is 412 Å². The molecule has 28 nitrogen and oxygen atoms in total. The van der Waals surface area contributed by atoms with Gasteiger partial charge in [0.15, 0.2) is 6.29 Å². The molecule has 0 aromatic carbocycles. The Morgan fingerprint density at radius 2 is 1.39 bits per heavy atom. The molecule has 1 rings (SSSR count). The second-order valence-electron chi connectivity index (χ2n) is 17.3. The van der Waals surface area contributed by atoms with Gasteiger partial charge in [-0.3, -0.25) is 47.9 Å². The van der Waals surface area contributed by atoms with Crippen molar-refractivity contribution in [3.05, 3.63) is 11.6 Å². The molecule has 0 aromatic rings. The molecule has 1 saturated heterocycles. The molecule has 0 aliphatic carbocycles. The van der Waals surface area contributed by atoms with Gasteiger partial charge in [-0.15, -0.1) is 0 Å². The summed E-state index contributed by atoms with van der Waals surface area (Å²) in [4.78, 5) is 122. The number of aliphatic hydroxyl groups excluding tert-OH is 2. The SMILES string of the molecule is CC(=O)N[C@H]1[C@@H](OP(=O)(O)OP(=O)(O)OCC[C@H](C)CCC=C(C)C)O[C@H](CO)[C@@H](O)[C@@H]1O[C@H](C)C(=O)NC(=O)[C@H](C)NC(=O)CC[C@@H](NC(=O)[C@H](CCCCN)NC(=O)[C@@H](C)NC(=O)[C@@H](C)N)C(=O)O. The van der Waals surface area contributed by atoms with E-state index in [1.165, 1.54) is 13.8 Å². The third kappa shape index (κ3) is 24.8. The number of ether oxygens (including phenoxy) is 2. The van der Waals surface area contributed by atoms with Crippen molar-refractivity contribution in [3.63, 3.8) is 0 Å². The van der Waals surface area contributed by atoms with Crippen LogP contribution in [0.25, 0.3) is 0 Å². The molecule has 0 saturated carbocycles. The maximum absolute atomic E-state index is 13.2. The smallest absolute Gasteiger partial charge is 0.480 e. The molecular formula is C41H74N8O20P2. The number of carbonyl (C=O) groups excluding carboxylic acids is 7. The van der Waals surface area contributed by atoms with Gasteiger partial charge in [-0.05, 0) is 99.0 Å². The second-order valence-corrected chi connectivity index (χ2v) is 20.3. The van der Waals surface area contributed by atoms with Crippen LogP contribution >= 0.6 is 15.6 Å². The van der Waals surface area contributed by atoms with E-state index >= 15 is 0 Å². The summed E-state index contributed by atoms with van der Waals surface area (Å²) in [6.45, 7) is 10.6. The molecule has 0 bridgehead atoms. The summed E-state index contributed by atoms with van der Waals surface area (Å²) >= 11 is 0. The lowest BCUT2D eigenvalue weighted by Gasteiger charge is -2.44. The van der Waals surface area contributed by atoms with Crippen molar-refractivity contribution >= 4 is 63.0 Å². The topological polar surface area (TPSA) is 442 Å². The number of nitrogens with two attached hydrogens (primary N) is 2. The Bertz CT molecular complexity index is 1940. The van der Waals surface area contributed by atoms with Gasteiger partial charge < -0.3 is 72.6 Å². The molecule has 1 aliphatic heterocycles. The summed E-state index contributed by atoms with van der Waals surface area (Å²) in [5.41, 5.74) is 12.2. The highest BCUT2D eigenvalue weighted by atomic mass is 31.3. The fourth-order valence-electron chi connectivity index (χ4n) is 6.46. The van der Waals surface area contributed by atoms with E-state index in [-0.39, 0.29) is 31.9 Å². The number of allylic oxidation sites excluding steroid dienone is 2. The molecule has 1 aliphatic rings. The van der Waals surface area contributed by atoms with Gasteiger partial charge in [-0.2, -0.15) is 4.31 Å². The monoisotopic (exact) mass is 1060 g/mol. The van der Waals surface area contributed by atoms with Crippen LogP contribution in [0.2, 0.25) is 0 Å². The van der Waals surface area contributed by atoms with Crippen molar-refractivity contribution in [2.24, 2.45) is 17.4 Å². The number of aliphatic hydroxyl groups is 2. The first kappa shape index (κ1) is 64.7. The molecular weight excluding hydrogens is 986 g/mol. The van der Waals surface area contributed by atoms with Crippen LogP contribution in [0.3, 0.4) is 0 Å². The first-order valence-corrected chi connectivity index (χ1v) is 25.9. The molecule has 0 spiro atoms. The Morgan fingerprint density at radius 3 is 1.96 bits per heavy atom. The Balaban J connectivity index is 3.00. The highest BCUT2D eigenvalue weighted by Gasteiger charge is 2.51. The van der Waals surface area contributed by atoms with Gasteiger partial charge in [-0.25, -0.2) is 13.9 Å². The first-order chi connectivity index (χ1) is 32.9. The number of phosphoric acid groups is 2. The van der Waals surface area contributed by atoms with Crippen LogP contribution in [0.15, 0.2) is 11.6 Å². The average Bonchev–Trinajstić information content (AvgIpc) is 3.25. The summed E-state index contributed by atoms with van der Waals surface area (Å²) in [6.07, 6.45) is -5.76. The summed E-state index contributed by atoms with van der Waals surface area (Å²) in [5.74, 6) is -7.88. The first-order valence-electron chi connectivity index (χ1n) is 22.9. The number of imide groups is 1. The molecule has 14 atom stereocenters. The van der Waals surface area contributed by atoms with Crippen LogP contribution in [0.4, 0.5) is 0 Å². The lowest BCUT2D eigenvalue weighted by molar-refractivity contribution is -0.261. The molecule has 15 N–H and O–H groups in total. The molecule has 0 radical (unpaired) electrons. The standard InChI is InChI=1S/C41H74N8O20P2/c1-21(2)12-11-13-22(3)17-19-65-70(61,62)69-71(63,64)68-41-32(46-27(8)51)34(33(53)30(20-50)67-41)66-26(7)38(57)49-37(56)24(5)44-31(52)16-15-29(40(59)60)48-39(58)28(14-9-10-18-42)47-36(55)25(6)45-35(54)23(4)43/h12,22-26,28-30,32-34,41,50,53H,9-11,13-20,42-43H2,1-8H3,(H,44,52)(H,45,54)(H,46,51)(H,47,55)(H,48,58)(H,59,60)(H,61,62)(H,63,64)(H,49,56,57)/t22-,23-,24+,25-,26-,28+,29-,30-,32-,33-,34-,41-/m1/s1. The van der Waals surface area contributed by atoms with Crippen molar-refractivity contribution in [2.75, 3.05) is 19.8 Å². The minimum absolute atomic E-state index is 0.0324. The van der Waals surface area contributed by atoms with Gasteiger partial charge in [-0.1, -0.05) is 18.6 Å². The number of carbonyl (C=O) groups is 8. The van der Waals surface area contributed by atoms with E-state index in [1.54, 1.807) is 0 Å². The molecule has 7 amide bonds. The molecule has 408 valence electrons. The summed E-state index contributed by atoms with van der Waals surface area (Å²) in [6, 6.07) is -8.22. The van der Waals surface area contributed by atoms with Crippen LogP contribution in [0, 0.1) is 5.92 Å². The zero-order valence-corrected chi connectivity index (χ0v) is 43.0. The predicted molar refractivity (Wildman–Crippen MR) is 250 cm³/mol. The van der Waals surface area contributed by atoms with Crippen molar-refractivity contribution in [3.8, 4) is 0 Å². The summed E-state index contributed by atoms with van der Waals surface area (Å²) in [5, 5.41) is 44.4. The third-order valence-electron chi connectivity index (χ3n) is 10.5. The molecule has 30 heteroatoms. The summed E-state index contributed by atoms with van der Waals surface area (Å²) < 4.78 is 51.0. The number of unbranched alkanes of at least 4 members (excludes halogenated alkanes) is 1. The minimum Gasteiger partial charge on any atom is -0.480 e. The molecule has 1 heterocycles. The molecule has 2 unspecified atom stereocenters. The highest BCUT2D eigenvalue weighted by Crippen LogP contribution is 2.61. The van der Waals surface area contributed by atoms with Crippen LogP contribution < -0.4 is 43.4 Å². The highest BCUT2D eigenvalue weighted by molar-refractivity contribution is 7.61. The fraction of sp³-hybridized carbons (Fsp3) is 0.756. The number of hydrogen-bond acceptors (Lipinski definition) is 19. The number of carboxylic acids is 1. The molecule has 0 aromatic heterocycles. The van der Waals surface area contributed by atoms with E-state index in [2.05, 4.69) is 30.9 Å². The molecule has 1 fully saturated rings. The minimum atomic E-state index is -5.66. The lowest BCUT2D eigenvalue weighted by Crippen LogP contribution is -2.66. The average molecular weight is 1060 g/mol. The molecule has 71 heavy (non-hydrogen) atoms. The second kappa shape index (κ2) is 31.3. The van der Waals surface area contributed by atoms with Crippen LogP contribution in [0.1, 0.15) is 107 Å². The normalized spacial score (nSPS) is 22.5. The van der Waals surface area contributed by atoms with E-state index in [9.17, 15) is 72.6 Å². The number of aliphatic carboxylic acids is 1. The number of nitrogens with one attached hydrogen (secondary N) is 6. The van der Waals surface area contributed by atoms with E-state index < -0.39 is 149 Å². The van der Waals surface area contributed by atoms with Gasteiger partial charge >= 0.3 is 21.6 Å². The van der Waals surface area contributed by atoms with Crippen LogP contribution in [0.5, 0.6) is 0 Å². The van der Waals surface area contributed by atoms with Gasteiger partial charge in [0.25, 0.3) is 5.91 Å². The maximum Gasteiger partial charge on any atom is 0.483 e. The van der Waals surface area contributed by atoms with E-state index in [0.29, 0.717) is 12.8 Å². The zero-order valence-electron chi connectivity index (χ0n) is 41.2.